The normalized spacial score (nSPS) is 12.1. The van der Waals surface area contributed by atoms with Crippen LogP contribution in [0.2, 0.25) is 13.1 Å². The third-order valence-electron chi connectivity index (χ3n) is 3.23. The molecule has 0 aliphatic rings. The van der Waals surface area contributed by atoms with Crippen LogP contribution in [0.3, 0.4) is 0 Å². The summed E-state index contributed by atoms with van der Waals surface area (Å²) < 4.78 is 36.6. The van der Waals surface area contributed by atoms with E-state index in [4.69, 9.17) is 0 Å². The molecule has 1 aromatic carbocycles. The zero-order chi connectivity index (χ0) is 15.6. The molecule has 1 amide bonds. The van der Waals surface area contributed by atoms with Crippen LogP contribution in [-0.2, 0) is 4.79 Å². The fourth-order valence-electron chi connectivity index (χ4n) is 1.67. The predicted molar refractivity (Wildman–Crippen MR) is 77.8 cm³/mol. The molecule has 2 nitrogen and oxygen atoms in total. The van der Waals surface area contributed by atoms with Crippen molar-refractivity contribution in [2.75, 3.05) is 11.9 Å². The molecule has 0 bridgehead atoms. The average Bonchev–Trinajstić information content (AvgIpc) is 2.36. The molecular weight excluding hydrogens is 283 g/mol. The number of hydrogen-bond acceptors (Lipinski definition) is 1. The monoisotopic (exact) mass is 301 g/mol. The summed E-state index contributed by atoms with van der Waals surface area (Å²) in [5, 5.41) is 1.12. The molecule has 0 aromatic heterocycles. The van der Waals surface area contributed by atoms with Crippen molar-refractivity contribution in [3.05, 3.63) is 36.5 Å². The van der Waals surface area contributed by atoms with Crippen molar-refractivity contribution in [3.8, 4) is 0 Å². The standard InChI is InChI=1S/C14H18F3NOSi/c1-5-20(3,4)12-8-6-11(7-9-12)18(2)13(19)10-14(15,16)17/h5-9H,1,10H2,2-4H3. The molecule has 0 atom stereocenters. The minimum absolute atomic E-state index is 0.455. The van der Waals surface area contributed by atoms with Crippen molar-refractivity contribution in [3.63, 3.8) is 0 Å². The highest BCUT2D eigenvalue weighted by Crippen LogP contribution is 2.22. The third-order valence-corrected chi connectivity index (χ3v) is 6.08. The summed E-state index contributed by atoms with van der Waals surface area (Å²) in [5.74, 6) is -0.967. The Morgan fingerprint density at radius 2 is 1.80 bits per heavy atom. The summed E-state index contributed by atoms with van der Waals surface area (Å²) in [5.41, 5.74) is 2.39. The van der Waals surface area contributed by atoms with Crippen LogP contribution < -0.4 is 10.1 Å². The number of halogens is 3. The molecule has 0 spiro atoms. The lowest BCUT2D eigenvalue weighted by Crippen LogP contribution is -2.39. The molecule has 0 unspecified atom stereocenters. The Labute approximate surface area is 117 Å². The van der Waals surface area contributed by atoms with Gasteiger partial charge in [-0.15, -0.1) is 6.58 Å². The zero-order valence-electron chi connectivity index (χ0n) is 11.8. The Bertz CT molecular complexity index is 494. The smallest absolute Gasteiger partial charge is 0.315 e. The maximum absolute atomic E-state index is 12.2. The van der Waals surface area contributed by atoms with Crippen molar-refractivity contribution in [2.24, 2.45) is 0 Å². The van der Waals surface area contributed by atoms with Gasteiger partial charge in [-0.2, -0.15) is 13.2 Å². The first kappa shape index (κ1) is 16.5. The van der Waals surface area contributed by atoms with Crippen LogP contribution >= 0.6 is 0 Å². The van der Waals surface area contributed by atoms with Crippen LogP contribution in [0.5, 0.6) is 0 Å². The summed E-state index contributed by atoms with van der Waals surface area (Å²) in [7, 11) is -0.350. The first-order valence-electron chi connectivity index (χ1n) is 6.14. The van der Waals surface area contributed by atoms with Crippen molar-refractivity contribution >= 4 is 24.9 Å². The lowest BCUT2D eigenvalue weighted by Gasteiger charge is -2.21. The molecule has 0 saturated carbocycles. The summed E-state index contributed by atoms with van der Waals surface area (Å²) >= 11 is 0. The molecule has 0 N–H and O–H groups in total. The first-order valence-corrected chi connectivity index (χ1v) is 9.22. The van der Waals surface area contributed by atoms with Crippen molar-refractivity contribution in [1.29, 1.82) is 0 Å². The quantitative estimate of drug-likeness (QED) is 0.782. The topological polar surface area (TPSA) is 20.3 Å². The Balaban J connectivity index is 2.88. The molecular formula is C14H18F3NOSi. The van der Waals surface area contributed by atoms with E-state index in [0.717, 1.165) is 10.1 Å². The van der Waals surface area contributed by atoms with Crippen LogP contribution in [0.25, 0.3) is 0 Å². The number of nitrogens with zero attached hydrogens (tertiary/aromatic N) is 1. The highest BCUT2D eigenvalue weighted by atomic mass is 28.3. The van der Waals surface area contributed by atoms with E-state index in [-0.39, 0.29) is 0 Å². The van der Waals surface area contributed by atoms with Crippen molar-refractivity contribution < 1.29 is 18.0 Å². The van der Waals surface area contributed by atoms with Gasteiger partial charge in [-0.05, 0) is 12.1 Å². The van der Waals surface area contributed by atoms with Gasteiger partial charge in [0.1, 0.15) is 14.5 Å². The number of benzene rings is 1. The maximum atomic E-state index is 12.2. The minimum Gasteiger partial charge on any atom is -0.315 e. The van der Waals surface area contributed by atoms with Crippen LogP contribution in [0.15, 0.2) is 36.5 Å². The molecule has 6 heteroatoms. The van der Waals surface area contributed by atoms with E-state index in [1.54, 1.807) is 12.1 Å². The number of amides is 1. The minimum atomic E-state index is -4.48. The molecule has 0 aliphatic carbocycles. The summed E-state index contributed by atoms with van der Waals surface area (Å²) in [6.07, 6.45) is -5.93. The van der Waals surface area contributed by atoms with Gasteiger partial charge in [-0.3, -0.25) is 4.79 Å². The van der Waals surface area contributed by atoms with Gasteiger partial charge in [-0.1, -0.05) is 36.1 Å². The highest BCUT2D eigenvalue weighted by molar-refractivity contribution is 6.93. The number of alkyl halides is 3. The van der Waals surface area contributed by atoms with Crippen molar-refractivity contribution in [2.45, 2.75) is 25.7 Å². The number of hydrogen-bond donors (Lipinski definition) is 0. The van der Waals surface area contributed by atoms with E-state index in [2.05, 4.69) is 19.7 Å². The Kier molecular flexibility index (Phi) is 4.80. The van der Waals surface area contributed by atoms with E-state index < -0.39 is 26.6 Å². The molecule has 20 heavy (non-hydrogen) atoms. The molecule has 0 radical (unpaired) electrons. The second-order valence-corrected chi connectivity index (χ2v) is 9.65. The van der Waals surface area contributed by atoms with Gasteiger partial charge in [-0.25, -0.2) is 0 Å². The molecule has 0 saturated heterocycles. The second kappa shape index (κ2) is 5.83. The van der Waals surface area contributed by atoms with Gasteiger partial charge < -0.3 is 4.90 Å². The Morgan fingerprint density at radius 1 is 1.30 bits per heavy atom. The summed E-state index contributed by atoms with van der Waals surface area (Å²) in [6.45, 7) is 8.04. The summed E-state index contributed by atoms with van der Waals surface area (Å²) in [6, 6.07) is 7.03. The van der Waals surface area contributed by atoms with Gasteiger partial charge in [0.15, 0.2) is 0 Å². The number of carbonyl (C=O) groups excluding carboxylic acids is 1. The number of carbonyl (C=O) groups is 1. The van der Waals surface area contributed by atoms with Crippen molar-refractivity contribution in [1.82, 2.24) is 0 Å². The molecule has 110 valence electrons. The fraction of sp³-hybridized carbons (Fsp3) is 0.357. The number of anilines is 1. The third kappa shape index (κ3) is 4.23. The molecule has 1 aromatic rings. The van der Waals surface area contributed by atoms with E-state index in [0.29, 0.717) is 5.69 Å². The predicted octanol–water partition coefficient (Wildman–Crippen LogP) is 3.24. The SMILES string of the molecule is C=C[Si](C)(C)c1ccc(N(C)C(=O)CC(F)(F)F)cc1. The second-order valence-electron chi connectivity index (χ2n) is 5.22. The largest absolute Gasteiger partial charge is 0.397 e. The van der Waals surface area contributed by atoms with Crippen LogP contribution in [-0.4, -0.2) is 27.2 Å². The highest BCUT2D eigenvalue weighted by Gasteiger charge is 2.33. The Morgan fingerprint density at radius 3 is 2.20 bits per heavy atom. The van der Waals surface area contributed by atoms with Gasteiger partial charge in [0.25, 0.3) is 0 Å². The fourth-order valence-corrected chi connectivity index (χ4v) is 2.93. The van der Waals surface area contributed by atoms with Crippen LogP contribution in [0.4, 0.5) is 18.9 Å². The van der Waals surface area contributed by atoms with E-state index in [1.165, 1.54) is 7.05 Å². The molecule has 0 fully saturated rings. The Hall–Kier alpha value is -1.56. The van der Waals surface area contributed by atoms with Gasteiger partial charge in [0.2, 0.25) is 5.91 Å². The maximum Gasteiger partial charge on any atom is 0.397 e. The molecule has 0 aliphatic heterocycles. The van der Waals surface area contributed by atoms with Gasteiger partial charge in [0.05, 0.1) is 0 Å². The van der Waals surface area contributed by atoms with Crippen LogP contribution in [0.1, 0.15) is 6.42 Å². The summed E-state index contributed by atoms with van der Waals surface area (Å²) in [4.78, 5) is 12.5. The zero-order valence-corrected chi connectivity index (χ0v) is 12.8. The number of rotatable bonds is 4. The lowest BCUT2D eigenvalue weighted by atomic mass is 10.2. The molecule has 0 heterocycles. The molecule has 1 rings (SSSR count). The van der Waals surface area contributed by atoms with Crippen LogP contribution in [0, 0.1) is 0 Å². The van der Waals surface area contributed by atoms with E-state index in [1.807, 2.05) is 17.8 Å². The van der Waals surface area contributed by atoms with E-state index in [9.17, 15) is 18.0 Å². The van der Waals surface area contributed by atoms with Gasteiger partial charge >= 0.3 is 6.18 Å². The first-order chi connectivity index (χ1) is 9.07. The van der Waals surface area contributed by atoms with Gasteiger partial charge in [0, 0.05) is 12.7 Å². The average molecular weight is 301 g/mol. The lowest BCUT2D eigenvalue weighted by molar-refractivity contribution is -0.151. The van der Waals surface area contributed by atoms with E-state index >= 15 is 0 Å².